The molecule has 1 aliphatic rings. The average Bonchev–Trinajstić information content (AvgIpc) is 2.76. The number of carbonyl (C=O) groups excluding carboxylic acids is 3. The minimum absolute atomic E-state index is 0.0656. The molecular weight excluding hydrogens is 428 g/mol. The molecule has 0 bridgehead atoms. The number of piperidine rings is 1. The predicted octanol–water partition coefficient (Wildman–Crippen LogP) is 1.56. The Morgan fingerprint density at radius 3 is 2.67 bits per heavy atom. The summed E-state index contributed by atoms with van der Waals surface area (Å²) >= 11 is 0. The first-order chi connectivity index (χ1) is 15.7. The van der Waals surface area contributed by atoms with Crippen LogP contribution in [0.3, 0.4) is 0 Å². The predicted molar refractivity (Wildman–Crippen MR) is 118 cm³/mol. The lowest BCUT2D eigenvalue weighted by molar-refractivity contribution is -0.135. The lowest BCUT2D eigenvalue weighted by Crippen LogP contribution is -2.45. The number of imide groups is 1. The van der Waals surface area contributed by atoms with Gasteiger partial charge in [-0.2, -0.15) is 0 Å². The van der Waals surface area contributed by atoms with Gasteiger partial charge < -0.3 is 10.4 Å². The number of carboxylic acid groups (broad SMARTS) is 1. The van der Waals surface area contributed by atoms with Crippen LogP contribution < -0.4 is 16.2 Å². The third-order valence-electron chi connectivity index (χ3n) is 5.44. The van der Waals surface area contributed by atoms with Gasteiger partial charge in [0.1, 0.15) is 17.4 Å². The summed E-state index contributed by atoms with van der Waals surface area (Å²) in [5.41, 5.74) is 0.754. The molecule has 1 saturated heterocycles. The van der Waals surface area contributed by atoms with Crippen molar-refractivity contribution in [1.82, 2.24) is 14.9 Å². The van der Waals surface area contributed by atoms with Gasteiger partial charge in [-0.05, 0) is 43.2 Å². The van der Waals surface area contributed by atoms with Gasteiger partial charge in [0, 0.05) is 6.42 Å². The van der Waals surface area contributed by atoms with Crippen molar-refractivity contribution in [2.45, 2.75) is 32.2 Å². The summed E-state index contributed by atoms with van der Waals surface area (Å²) in [4.78, 5) is 65.2. The van der Waals surface area contributed by atoms with E-state index < -0.39 is 29.4 Å². The third kappa shape index (κ3) is 4.36. The van der Waals surface area contributed by atoms with Crippen LogP contribution in [0.5, 0.6) is 0 Å². The van der Waals surface area contributed by atoms with Gasteiger partial charge >= 0.3 is 5.97 Å². The molecule has 4 rings (SSSR count). The number of para-hydroxylation sites is 1. The van der Waals surface area contributed by atoms with Crippen molar-refractivity contribution in [3.05, 3.63) is 69.8 Å². The minimum Gasteiger partial charge on any atom is -0.478 e. The summed E-state index contributed by atoms with van der Waals surface area (Å²) in [5.74, 6) is -2.14. The van der Waals surface area contributed by atoms with Crippen LogP contribution in [-0.2, 0) is 20.8 Å². The number of fused-ring (bicyclic) bond motifs is 1. The van der Waals surface area contributed by atoms with Crippen molar-refractivity contribution >= 4 is 40.3 Å². The van der Waals surface area contributed by atoms with E-state index in [-0.39, 0.29) is 47.5 Å². The zero-order valence-electron chi connectivity index (χ0n) is 17.6. The van der Waals surface area contributed by atoms with Gasteiger partial charge in [0.2, 0.25) is 17.7 Å². The molecule has 0 aliphatic carbocycles. The fourth-order valence-electron chi connectivity index (χ4n) is 3.92. The Morgan fingerprint density at radius 2 is 1.94 bits per heavy atom. The van der Waals surface area contributed by atoms with Crippen LogP contribution in [0.25, 0.3) is 10.9 Å². The normalized spacial score (nSPS) is 15.8. The second kappa shape index (κ2) is 8.65. The Morgan fingerprint density at radius 1 is 1.18 bits per heavy atom. The average molecular weight is 448 g/mol. The van der Waals surface area contributed by atoms with Crippen molar-refractivity contribution < 1.29 is 24.3 Å². The molecule has 0 saturated carbocycles. The number of nitrogens with one attached hydrogen (secondary N) is 2. The van der Waals surface area contributed by atoms with Crippen LogP contribution in [0, 0.1) is 6.92 Å². The largest absolute Gasteiger partial charge is 0.478 e. The maximum atomic E-state index is 13.2. The molecule has 10 nitrogen and oxygen atoms in total. The minimum atomic E-state index is -1.08. The number of rotatable bonds is 5. The van der Waals surface area contributed by atoms with Crippen LogP contribution in [0.2, 0.25) is 0 Å². The van der Waals surface area contributed by atoms with E-state index >= 15 is 0 Å². The van der Waals surface area contributed by atoms with Gasteiger partial charge in [-0.3, -0.25) is 29.1 Å². The Labute approximate surface area is 187 Å². The van der Waals surface area contributed by atoms with Crippen molar-refractivity contribution in [3.63, 3.8) is 0 Å². The molecule has 1 unspecified atom stereocenters. The van der Waals surface area contributed by atoms with Crippen LogP contribution in [-0.4, -0.2) is 38.3 Å². The van der Waals surface area contributed by atoms with Gasteiger partial charge in [0.25, 0.3) is 5.56 Å². The van der Waals surface area contributed by atoms with E-state index in [2.05, 4.69) is 15.6 Å². The number of carboxylic acids is 1. The highest BCUT2D eigenvalue weighted by atomic mass is 16.4. The fraction of sp³-hybridized carbons (Fsp3) is 0.217. The van der Waals surface area contributed by atoms with Gasteiger partial charge in [-0.25, -0.2) is 9.78 Å². The Balaban J connectivity index is 1.64. The summed E-state index contributed by atoms with van der Waals surface area (Å²) < 4.78 is 1.27. The molecule has 1 atom stereocenters. The summed E-state index contributed by atoms with van der Waals surface area (Å²) in [5, 5.41) is 14.3. The molecule has 33 heavy (non-hydrogen) atoms. The third-order valence-corrected chi connectivity index (χ3v) is 5.44. The van der Waals surface area contributed by atoms with E-state index in [0.29, 0.717) is 11.3 Å². The van der Waals surface area contributed by atoms with Crippen molar-refractivity contribution in [2.24, 2.45) is 0 Å². The van der Waals surface area contributed by atoms with E-state index in [9.17, 15) is 24.0 Å². The fourth-order valence-corrected chi connectivity index (χ4v) is 3.92. The Kier molecular flexibility index (Phi) is 5.74. The molecule has 2 aromatic carbocycles. The zero-order valence-corrected chi connectivity index (χ0v) is 17.6. The highest BCUT2D eigenvalue weighted by Gasteiger charge is 2.30. The van der Waals surface area contributed by atoms with Crippen LogP contribution in [0.1, 0.15) is 40.6 Å². The molecule has 3 amide bonds. The van der Waals surface area contributed by atoms with Gasteiger partial charge in [-0.15, -0.1) is 0 Å². The van der Waals surface area contributed by atoms with E-state index in [1.165, 1.54) is 16.7 Å². The first-order valence-corrected chi connectivity index (χ1v) is 10.2. The second-order valence-electron chi connectivity index (χ2n) is 7.73. The lowest BCUT2D eigenvalue weighted by Gasteiger charge is -2.24. The number of aryl methyl sites for hydroxylation is 1. The molecule has 1 aromatic heterocycles. The highest BCUT2D eigenvalue weighted by molar-refractivity contribution is 6.02. The smallest absolute Gasteiger partial charge is 0.335 e. The summed E-state index contributed by atoms with van der Waals surface area (Å²) in [6.45, 7) is 1.58. The van der Waals surface area contributed by atoms with Crippen molar-refractivity contribution in [3.8, 4) is 0 Å². The maximum absolute atomic E-state index is 13.2. The highest BCUT2D eigenvalue weighted by Crippen LogP contribution is 2.23. The maximum Gasteiger partial charge on any atom is 0.335 e. The zero-order chi connectivity index (χ0) is 23.7. The van der Waals surface area contributed by atoms with Gasteiger partial charge in [-0.1, -0.05) is 18.2 Å². The molecule has 1 aliphatic heterocycles. The number of amides is 3. The molecule has 0 radical (unpaired) electrons. The Hall–Kier alpha value is -4.34. The van der Waals surface area contributed by atoms with E-state index in [1.54, 1.807) is 37.3 Å². The number of aromatic nitrogens is 2. The number of nitrogens with zero attached hydrogens (tertiary/aromatic N) is 2. The van der Waals surface area contributed by atoms with E-state index in [4.69, 9.17) is 5.11 Å². The van der Waals surface area contributed by atoms with Crippen molar-refractivity contribution in [1.29, 1.82) is 0 Å². The van der Waals surface area contributed by atoms with Crippen LogP contribution >= 0.6 is 0 Å². The summed E-state index contributed by atoms with van der Waals surface area (Å²) in [6, 6.07) is 9.99. The number of benzene rings is 2. The molecule has 10 heteroatoms. The topological polar surface area (TPSA) is 147 Å². The SMILES string of the molecule is Cc1nc2c(NC(=O)Cc3cccc(C(=O)O)c3)cccc2c(=O)n1C1CCC(=O)NC1=O. The lowest BCUT2D eigenvalue weighted by atomic mass is 10.1. The van der Waals surface area contributed by atoms with Gasteiger partial charge in [0.05, 0.1) is 23.1 Å². The molecular formula is C23H20N4O6. The number of anilines is 1. The summed E-state index contributed by atoms with van der Waals surface area (Å²) in [6.07, 6.45) is 0.258. The molecule has 1 fully saturated rings. The quantitative estimate of drug-likeness (QED) is 0.502. The molecule has 0 spiro atoms. The molecule has 3 N–H and O–H groups in total. The monoisotopic (exact) mass is 448 g/mol. The molecule has 2 heterocycles. The molecule has 168 valence electrons. The number of carbonyl (C=O) groups is 4. The first kappa shape index (κ1) is 21.9. The van der Waals surface area contributed by atoms with E-state index in [1.807, 2.05) is 0 Å². The first-order valence-electron chi connectivity index (χ1n) is 10.2. The number of aromatic carboxylic acids is 1. The molecule has 3 aromatic rings. The van der Waals surface area contributed by atoms with Crippen LogP contribution in [0.15, 0.2) is 47.3 Å². The standard InChI is InChI=1S/C23H20N4O6/c1-12-24-20-15(22(31)27(12)17-8-9-18(28)26-21(17)30)6-3-7-16(20)25-19(29)11-13-4-2-5-14(10-13)23(32)33/h2-7,10,17H,8-9,11H2,1H3,(H,25,29)(H,32,33)(H,26,28,30). The number of hydrogen-bond donors (Lipinski definition) is 3. The van der Waals surface area contributed by atoms with E-state index in [0.717, 1.165) is 0 Å². The van der Waals surface area contributed by atoms with Crippen molar-refractivity contribution in [2.75, 3.05) is 5.32 Å². The Bertz CT molecular complexity index is 1380. The second-order valence-corrected chi connectivity index (χ2v) is 7.73. The summed E-state index contributed by atoms with van der Waals surface area (Å²) in [7, 11) is 0. The number of hydrogen-bond acceptors (Lipinski definition) is 6. The van der Waals surface area contributed by atoms with Crippen LogP contribution in [0.4, 0.5) is 5.69 Å². The van der Waals surface area contributed by atoms with Gasteiger partial charge in [0.15, 0.2) is 0 Å².